The molecular formula is C13H17N3O. The molecule has 0 aliphatic carbocycles. The van der Waals surface area contributed by atoms with Gasteiger partial charge >= 0.3 is 0 Å². The van der Waals surface area contributed by atoms with Crippen LogP contribution in [0.1, 0.15) is 12.5 Å². The van der Waals surface area contributed by atoms with Crippen molar-refractivity contribution in [3.63, 3.8) is 0 Å². The molecule has 0 atom stereocenters. The molecule has 0 amide bonds. The summed E-state index contributed by atoms with van der Waals surface area (Å²) in [7, 11) is 1.84. The molecule has 2 rings (SSSR count). The summed E-state index contributed by atoms with van der Waals surface area (Å²) < 4.78 is 7.13. The minimum absolute atomic E-state index is 0.660. The van der Waals surface area contributed by atoms with Crippen LogP contribution in [0.15, 0.2) is 24.3 Å². The molecule has 1 aromatic carbocycles. The second-order valence-corrected chi connectivity index (χ2v) is 3.99. The Balaban J connectivity index is 2.39. The van der Waals surface area contributed by atoms with E-state index in [9.17, 15) is 0 Å². The molecule has 4 nitrogen and oxygen atoms in total. The van der Waals surface area contributed by atoms with E-state index in [2.05, 4.69) is 5.10 Å². The second kappa shape index (κ2) is 4.49. The molecule has 0 saturated heterocycles. The molecule has 0 radical (unpaired) electrons. The van der Waals surface area contributed by atoms with Gasteiger partial charge in [-0.15, -0.1) is 0 Å². The van der Waals surface area contributed by atoms with Gasteiger partial charge in [-0.25, -0.2) is 0 Å². The minimum Gasteiger partial charge on any atom is -0.494 e. The largest absolute Gasteiger partial charge is 0.494 e. The van der Waals surface area contributed by atoms with Crippen LogP contribution in [0.3, 0.4) is 0 Å². The summed E-state index contributed by atoms with van der Waals surface area (Å²) in [6.45, 7) is 4.70. The number of nitrogens with zero attached hydrogens (tertiary/aromatic N) is 2. The van der Waals surface area contributed by atoms with Crippen molar-refractivity contribution >= 4 is 5.82 Å². The molecule has 0 fully saturated rings. The predicted molar refractivity (Wildman–Crippen MR) is 69.0 cm³/mol. The van der Waals surface area contributed by atoms with Crippen molar-refractivity contribution in [1.29, 1.82) is 0 Å². The Morgan fingerprint density at radius 1 is 1.35 bits per heavy atom. The monoisotopic (exact) mass is 231 g/mol. The van der Waals surface area contributed by atoms with E-state index in [1.165, 1.54) is 0 Å². The van der Waals surface area contributed by atoms with E-state index in [0.717, 1.165) is 22.6 Å². The van der Waals surface area contributed by atoms with Crippen molar-refractivity contribution < 1.29 is 4.74 Å². The maximum atomic E-state index is 5.78. The molecule has 0 saturated carbocycles. The summed E-state index contributed by atoms with van der Waals surface area (Å²) in [6.07, 6.45) is 0. The first kappa shape index (κ1) is 11.5. The maximum absolute atomic E-state index is 5.78. The molecule has 17 heavy (non-hydrogen) atoms. The molecule has 2 N–H and O–H groups in total. The van der Waals surface area contributed by atoms with Crippen molar-refractivity contribution in [2.45, 2.75) is 13.8 Å². The number of nitrogens with two attached hydrogens (primary N) is 1. The van der Waals surface area contributed by atoms with Crippen LogP contribution in [0.5, 0.6) is 5.75 Å². The zero-order chi connectivity index (χ0) is 12.4. The molecule has 90 valence electrons. The number of anilines is 1. The van der Waals surface area contributed by atoms with Gasteiger partial charge in [0, 0.05) is 18.7 Å². The highest BCUT2D eigenvalue weighted by Crippen LogP contribution is 2.26. The van der Waals surface area contributed by atoms with Crippen LogP contribution in [0.2, 0.25) is 0 Å². The van der Waals surface area contributed by atoms with E-state index in [0.29, 0.717) is 12.4 Å². The van der Waals surface area contributed by atoms with E-state index in [4.69, 9.17) is 10.5 Å². The van der Waals surface area contributed by atoms with Gasteiger partial charge in [0.15, 0.2) is 0 Å². The van der Waals surface area contributed by atoms with Gasteiger partial charge in [-0.2, -0.15) is 5.10 Å². The zero-order valence-corrected chi connectivity index (χ0v) is 10.4. The van der Waals surface area contributed by atoms with Crippen LogP contribution in [-0.4, -0.2) is 16.4 Å². The fourth-order valence-corrected chi connectivity index (χ4v) is 1.79. The Hall–Kier alpha value is -1.97. The fourth-order valence-electron chi connectivity index (χ4n) is 1.79. The highest BCUT2D eigenvalue weighted by molar-refractivity contribution is 5.66. The van der Waals surface area contributed by atoms with Gasteiger partial charge in [0.1, 0.15) is 11.6 Å². The lowest BCUT2D eigenvalue weighted by atomic mass is 10.1. The molecule has 2 aromatic rings. The molecule has 0 spiro atoms. The molecule has 4 heteroatoms. The van der Waals surface area contributed by atoms with Crippen LogP contribution < -0.4 is 10.5 Å². The Bertz CT molecular complexity index is 512. The third-order valence-corrected chi connectivity index (χ3v) is 2.70. The van der Waals surface area contributed by atoms with Gasteiger partial charge in [-0.1, -0.05) is 0 Å². The average molecular weight is 231 g/mol. The number of aromatic nitrogens is 2. The molecule has 1 heterocycles. The summed E-state index contributed by atoms with van der Waals surface area (Å²) in [5.41, 5.74) is 8.89. The number of aryl methyl sites for hydroxylation is 2. The lowest BCUT2D eigenvalue weighted by molar-refractivity contribution is 0.340. The number of benzene rings is 1. The van der Waals surface area contributed by atoms with Crippen molar-refractivity contribution in [2.75, 3.05) is 12.3 Å². The molecule has 0 aliphatic heterocycles. The maximum Gasteiger partial charge on any atom is 0.121 e. The topological polar surface area (TPSA) is 53.1 Å². The van der Waals surface area contributed by atoms with E-state index >= 15 is 0 Å². The quantitative estimate of drug-likeness (QED) is 0.882. The molecule has 0 aliphatic rings. The number of ether oxygens (including phenoxy) is 1. The van der Waals surface area contributed by atoms with Gasteiger partial charge in [-0.3, -0.25) is 4.68 Å². The molecule has 1 aromatic heterocycles. The van der Waals surface area contributed by atoms with Gasteiger partial charge in [0.25, 0.3) is 0 Å². The van der Waals surface area contributed by atoms with Crippen LogP contribution in [0.25, 0.3) is 11.3 Å². The first-order valence-corrected chi connectivity index (χ1v) is 5.65. The Labute approximate surface area is 101 Å². The average Bonchev–Trinajstić information content (AvgIpc) is 2.59. The van der Waals surface area contributed by atoms with E-state index in [-0.39, 0.29) is 0 Å². The summed E-state index contributed by atoms with van der Waals surface area (Å²) >= 11 is 0. The lowest BCUT2D eigenvalue weighted by Crippen LogP contribution is -1.96. The van der Waals surface area contributed by atoms with Crippen LogP contribution in [0.4, 0.5) is 5.82 Å². The Morgan fingerprint density at radius 2 is 2.12 bits per heavy atom. The van der Waals surface area contributed by atoms with Gasteiger partial charge < -0.3 is 10.5 Å². The van der Waals surface area contributed by atoms with Crippen LogP contribution >= 0.6 is 0 Å². The Kier molecular flexibility index (Phi) is 3.04. The second-order valence-electron chi connectivity index (χ2n) is 3.99. The number of hydrogen-bond acceptors (Lipinski definition) is 3. The van der Waals surface area contributed by atoms with Crippen LogP contribution in [-0.2, 0) is 7.05 Å². The Morgan fingerprint density at radius 3 is 2.65 bits per heavy atom. The van der Waals surface area contributed by atoms with Crippen molar-refractivity contribution in [3.05, 3.63) is 29.8 Å². The first-order chi connectivity index (χ1) is 8.11. The number of nitrogen functional groups attached to an aromatic ring is 1. The van der Waals surface area contributed by atoms with Gasteiger partial charge in [0.05, 0.1) is 12.3 Å². The smallest absolute Gasteiger partial charge is 0.121 e. The van der Waals surface area contributed by atoms with Gasteiger partial charge in [-0.05, 0) is 37.6 Å². The minimum atomic E-state index is 0.660. The van der Waals surface area contributed by atoms with E-state index in [1.54, 1.807) is 4.68 Å². The number of hydrogen-bond donors (Lipinski definition) is 1. The third-order valence-electron chi connectivity index (χ3n) is 2.70. The van der Waals surface area contributed by atoms with Crippen LogP contribution in [0, 0.1) is 6.92 Å². The standard InChI is InChI=1S/C13H17N3O/c1-4-17-10-5-6-11(9(2)7-10)12-8-13(14)16(3)15-12/h5-8H,4,14H2,1-3H3. The lowest BCUT2D eigenvalue weighted by Gasteiger charge is -2.07. The van der Waals surface area contributed by atoms with Crippen molar-refractivity contribution in [2.24, 2.45) is 7.05 Å². The summed E-state index contributed by atoms with van der Waals surface area (Å²) in [6, 6.07) is 7.87. The normalized spacial score (nSPS) is 10.5. The fraction of sp³-hybridized carbons (Fsp3) is 0.308. The summed E-state index contributed by atoms with van der Waals surface area (Å²) in [5.74, 6) is 1.55. The zero-order valence-electron chi connectivity index (χ0n) is 10.4. The van der Waals surface area contributed by atoms with E-state index < -0.39 is 0 Å². The molecule has 0 unspecified atom stereocenters. The van der Waals surface area contributed by atoms with Gasteiger partial charge in [0.2, 0.25) is 0 Å². The summed E-state index contributed by atoms with van der Waals surface area (Å²) in [4.78, 5) is 0. The molecule has 0 bridgehead atoms. The number of rotatable bonds is 3. The molecular weight excluding hydrogens is 214 g/mol. The van der Waals surface area contributed by atoms with E-state index in [1.807, 2.05) is 45.2 Å². The summed E-state index contributed by atoms with van der Waals surface area (Å²) in [5, 5.41) is 4.37. The van der Waals surface area contributed by atoms with Crippen molar-refractivity contribution in [3.8, 4) is 17.0 Å². The van der Waals surface area contributed by atoms with Crippen molar-refractivity contribution in [1.82, 2.24) is 9.78 Å². The SMILES string of the molecule is CCOc1ccc(-c2cc(N)n(C)n2)c(C)c1. The first-order valence-electron chi connectivity index (χ1n) is 5.65. The predicted octanol–water partition coefficient (Wildman–Crippen LogP) is 2.38. The highest BCUT2D eigenvalue weighted by Gasteiger charge is 2.08. The third kappa shape index (κ3) is 2.25. The highest BCUT2D eigenvalue weighted by atomic mass is 16.5.